The first-order chi connectivity index (χ1) is 7.93. The van der Waals surface area contributed by atoms with E-state index in [0.29, 0.717) is 5.92 Å². The topological polar surface area (TPSA) is 29.1 Å². The molecule has 0 bridgehead atoms. The molecule has 1 amide bonds. The second-order valence-corrected chi connectivity index (χ2v) is 5.72. The van der Waals surface area contributed by atoms with E-state index in [9.17, 15) is 4.79 Å². The zero-order valence-electron chi connectivity index (χ0n) is 10.8. The molecule has 1 aromatic rings. The molecule has 2 nitrogen and oxygen atoms in total. The number of hydrogen-bond acceptors (Lipinski definition) is 1. The number of aryl methyl sites for hydroxylation is 1. The Bertz CT molecular complexity index is 390. The van der Waals surface area contributed by atoms with Gasteiger partial charge >= 0.3 is 0 Å². The molecule has 0 heterocycles. The van der Waals surface area contributed by atoms with Crippen molar-refractivity contribution in [2.45, 2.75) is 38.6 Å². The van der Waals surface area contributed by atoms with Gasteiger partial charge in [0.1, 0.15) is 0 Å². The number of alkyl halides is 1. The highest BCUT2D eigenvalue weighted by atomic mass is 79.9. The number of halogens is 1. The number of hydrogen-bond donors (Lipinski definition) is 1. The number of benzene rings is 1. The fraction of sp³-hybridized carbons (Fsp3) is 0.500. The average Bonchev–Trinajstić information content (AvgIpc) is 2.28. The van der Waals surface area contributed by atoms with Crippen molar-refractivity contribution < 1.29 is 4.79 Å². The third-order valence-corrected chi connectivity index (χ3v) is 4.32. The Morgan fingerprint density at radius 1 is 1.24 bits per heavy atom. The largest absolute Gasteiger partial charge is 0.349 e. The third kappa shape index (κ3) is 3.84. The second-order valence-electron chi connectivity index (χ2n) is 4.73. The van der Waals surface area contributed by atoms with Gasteiger partial charge < -0.3 is 5.32 Å². The van der Waals surface area contributed by atoms with Gasteiger partial charge in [-0.05, 0) is 30.9 Å². The van der Waals surface area contributed by atoms with Crippen molar-refractivity contribution in [3.63, 3.8) is 0 Å². The number of nitrogens with one attached hydrogen (secondary N) is 1. The Balaban J connectivity index is 2.70. The predicted octanol–water partition coefficient (Wildman–Crippen LogP) is 3.59. The van der Waals surface area contributed by atoms with Crippen molar-refractivity contribution in [2.75, 3.05) is 0 Å². The number of rotatable bonds is 4. The van der Waals surface area contributed by atoms with E-state index in [2.05, 4.69) is 40.3 Å². The van der Waals surface area contributed by atoms with Crippen LogP contribution in [-0.4, -0.2) is 10.7 Å². The van der Waals surface area contributed by atoms with Gasteiger partial charge in [0.25, 0.3) is 0 Å². The van der Waals surface area contributed by atoms with Crippen LogP contribution in [0.25, 0.3) is 0 Å². The van der Waals surface area contributed by atoms with Gasteiger partial charge in [-0.25, -0.2) is 0 Å². The molecular weight excluding hydrogens is 278 g/mol. The third-order valence-electron chi connectivity index (χ3n) is 2.85. The summed E-state index contributed by atoms with van der Waals surface area (Å²) in [5.41, 5.74) is 2.38. The van der Waals surface area contributed by atoms with Crippen LogP contribution < -0.4 is 5.32 Å². The summed E-state index contributed by atoms with van der Waals surface area (Å²) in [6, 6.07) is 8.17. The van der Waals surface area contributed by atoms with Crippen molar-refractivity contribution in [3.05, 3.63) is 35.4 Å². The summed E-state index contributed by atoms with van der Waals surface area (Å²) in [5, 5.41) is 3.03. The fourth-order valence-electron chi connectivity index (χ4n) is 1.75. The van der Waals surface area contributed by atoms with Gasteiger partial charge in [-0.3, -0.25) is 4.79 Å². The molecule has 1 rings (SSSR count). The van der Waals surface area contributed by atoms with Crippen LogP contribution >= 0.6 is 15.9 Å². The van der Waals surface area contributed by atoms with Gasteiger partial charge in [0.15, 0.2) is 0 Å². The molecule has 0 aliphatic rings. The monoisotopic (exact) mass is 297 g/mol. The van der Waals surface area contributed by atoms with Gasteiger partial charge in [-0.1, -0.05) is 54.0 Å². The van der Waals surface area contributed by atoms with Crippen LogP contribution in [0.1, 0.15) is 37.9 Å². The van der Waals surface area contributed by atoms with E-state index >= 15 is 0 Å². The van der Waals surface area contributed by atoms with Crippen molar-refractivity contribution in [1.82, 2.24) is 5.32 Å². The van der Waals surface area contributed by atoms with Crippen LogP contribution in [0.5, 0.6) is 0 Å². The Labute approximate surface area is 112 Å². The normalized spacial score (nSPS) is 14.5. The number of amides is 1. The Morgan fingerprint density at radius 3 is 2.35 bits per heavy atom. The summed E-state index contributed by atoms with van der Waals surface area (Å²) >= 11 is 3.42. The van der Waals surface area contributed by atoms with Crippen LogP contribution in [0.4, 0.5) is 0 Å². The Hall–Kier alpha value is -0.830. The van der Waals surface area contributed by atoms with Gasteiger partial charge in [0, 0.05) is 0 Å². The standard InChI is InChI=1S/C14H20BrNO/c1-9(2)13(15)14(17)16-11(4)12-8-6-5-7-10(12)3/h5-9,11,13H,1-4H3,(H,16,17)/t11-,13?/m1/s1. The number of carbonyl (C=O) groups is 1. The van der Waals surface area contributed by atoms with Crippen molar-refractivity contribution in [2.24, 2.45) is 5.92 Å². The maximum atomic E-state index is 11.9. The lowest BCUT2D eigenvalue weighted by Gasteiger charge is -2.20. The molecule has 94 valence electrons. The van der Waals surface area contributed by atoms with Gasteiger partial charge in [0.2, 0.25) is 5.91 Å². The summed E-state index contributed by atoms with van der Waals surface area (Å²) in [4.78, 5) is 11.8. The lowest BCUT2D eigenvalue weighted by atomic mass is 10.0. The molecular formula is C14H20BrNO. The maximum absolute atomic E-state index is 11.9. The lowest BCUT2D eigenvalue weighted by molar-refractivity contribution is -0.121. The predicted molar refractivity (Wildman–Crippen MR) is 75.3 cm³/mol. The molecule has 17 heavy (non-hydrogen) atoms. The quantitative estimate of drug-likeness (QED) is 0.846. The highest BCUT2D eigenvalue weighted by molar-refractivity contribution is 9.10. The highest BCUT2D eigenvalue weighted by Gasteiger charge is 2.20. The SMILES string of the molecule is Cc1ccccc1[C@@H](C)NC(=O)C(Br)C(C)C. The molecule has 2 atom stereocenters. The summed E-state index contributed by atoms with van der Waals surface area (Å²) in [7, 11) is 0. The first-order valence-corrected chi connectivity index (χ1v) is 6.85. The van der Waals surface area contributed by atoms with E-state index in [1.54, 1.807) is 0 Å². The van der Waals surface area contributed by atoms with Crippen LogP contribution in [-0.2, 0) is 4.79 Å². The minimum Gasteiger partial charge on any atom is -0.349 e. The molecule has 0 saturated carbocycles. The van der Waals surface area contributed by atoms with E-state index in [1.165, 1.54) is 11.1 Å². The molecule has 0 spiro atoms. The van der Waals surface area contributed by atoms with Gasteiger partial charge in [0.05, 0.1) is 10.9 Å². The second kappa shape index (κ2) is 6.20. The van der Waals surface area contributed by atoms with Crippen molar-refractivity contribution in [1.29, 1.82) is 0 Å². The summed E-state index contributed by atoms with van der Waals surface area (Å²) in [5.74, 6) is 0.342. The zero-order chi connectivity index (χ0) is 13.0. The maximum Gasteiger partial charge on any atom is 0.234 e. The minimum atomic E-state index is -0.131. The Morgan fingerprint density at radius 2 is 1.82 bits per heavy atom. The van der Waals surface area contributed by atoms with Crippen LogP contribution in [0, 0.1) is 12.8 Å². The van der Waals surface area contributed by atoms with Crippen LogP contribution in [0.3, 0.4) is 0 Å². The molecule has 0 aliphatic carbocycles. The molecule has 0 fully saturated rings. The molecule has 0 radical (unpaired) electrons. The van der Waals surface area contributed by atoms with Gasteiger partial charge in [-0.2, -0.15) is 0 Å². The van der Waals surface area contributed by atoms with Crippen LogP contribution in [0.15, 0.2) is 24.3 Å². The molecule has 3 heteroatoms. The van der Waals surface area contributed by atoms with Crippen LogP contribution in [0.2, 0.25) is 0 Å². The molecule has 1 aromatic carbocycles. The average molecular weight is 298 g/mol. The summed E-state index contributed by atoms with van der Waals surface area (Å²) in [6.45, 7) is 8.13. The first-order valence-electron chi connectivity index (χ1n) is 5.93. The smallest absolute Gasteiger partial charge is 0.234 e. The van der Waals surface area contributed by atoms with E-state index in [-0.39, 0.29) is 16.8 Å². The summed E-state index contributed by atoms with van der Waals surface area (Å²) < 4.78 is 0. The van der Waals surface area contributed by atoms with Gasteiger partial charge in [-0.15, -0.1) is 0 Å². The zero-order valence-corrected chi connectivity index (χ0v) is 12.4. The van der Waals surface area contributed by atoms with E-state index in [4.69, 9.17) is 0 Å². The summed E-state index contributed by atoms with van der Waals surface area (Å²) in [6.07, 6.45) is 0. The lowest BCUT2D eigenvalue weighted by Crippen LogP contribution is -2.35. The first kappa shape index (κ1) is 14.2. The number of carbonyl (C=O) groups excluding carboxylic acids is 1. The molecule has 0 saturated heterocycles. The fourth-order valence-corrected chi connectivity index (χ4v) is 1.88. The molecule has 1 N–H and O–H groups in total. The van der Waals surface area contributed by atoms with E-state index < -0.39 is 0 Å². The Kier molecular flexibility index (Phi) is 5.19. The highest BCUT2D eigenvalue weighted by Crippen LogP contribution is 2.19. The van der Waals surface area contributed by atoms with Crippen molar-refractivity contribution in [3.8, 4) is 0 Å². The molecule has 1 unspecified atom stereocenters. The van der Waals surface area contributed by atoms with Crippen molar-refractivity contribution >= 4 is 21.8 Å². The van der Waals surface area contributed by atoms with E-state index in [0.717, 1.165) is 0 Å². The van der Waals surface area contributed by atoms with E-state index in [1.807, 2.05) is 32.9 Å². The molecule has 0 aromatic heterocycles. The minimum absolute atomic E-state index is 0.0440. The molecule has 0 aliphatic heterocycles.